The number of pyridine rings is 1. The van der Waals surface area contributed by atoms with Crippen molar-refractivity contribution in [1.29, 1.82) is 0 Å². The number of carbonyl (C=O) groups excluding carboxylic acids is 1. The molecule has 114 valence electrons. The lowest BCUT2D eigenvalue weighted by atomic mass is 10.1. The Labute approximate surface area is 132 Å². The van der Waals surface area contributed by atoms with Crippen LogP contribution in [0.15, 0.2) is 54.6 Å². The molecule has 1 aliphatic heterocycles. The molecule has 2 heterocycles. The normalized spacial score (nSPS) is 13.9. The van der Waals surface area contributed by atoms with E-state index in [1.54, 1.807) is 30.3 Å². The van der Waals surface area contributed by atoms with E-state index in [4.69, 9.17) is 0 Å². The number of rotatable bonds is 1. The minimum Gasteiger partial charge on any atom is -0.304 e. The molecule has 4 rings (SSSR count). The lowest BCUT2D eigenvalue weighted by Gasteiger charge is -2.36. The minimum atomic E-state index is -0.443. The minimum absolute atomic E-state index is 0.443. The Morgan fingerprint density at radius 2 is 1.78 bits per heavy atom. The van der Waals surface area contributed by atoms with Gasteiger partial charge in [0.15, 0.2) is 0 Å². The summed E-state index contributed by atoms with van der Waals surface area (Å²) >= 11 is 0. The van der Waals surface area contributed by atoms with Crippen LogP contribution in [0, 0.1) is 6.92 Å². The third-order valence-electron chi connectivity index (χ3n) is 3.81. The standard InChI is InChI=1S/C17H14N4O2/c1-11-9-10-12-5-4-8-15(16(12)18-11)20-17(22)19-13-6-2-3-7-14(13)21(20)23/h2-10,23H,1H3,(H,19,22). The summed E-state index contributed by atoms with van der Waals surface area (Å²) in [6, 6.07) is 16.0. The Balaban J connectivity index is 1.91. The van der Waals surface area contributed by atoms with Gasteiger partial charge in [-0.3, -0.25) is 10.2 Å². The van der Waals surface area contributed by atoms with Gasteiger partial charge in [-0.05, 0) is 31.2 Å². The lowest BCUT2D eigenvalue weighted by molar-refractivity contribution is 0.221. The largest absolute Gasteiger partial charge is 0.347 e. The highest BCUT2D eigenvalue weighted by atomic mass is 16.6. The first-order valence-electron chi connectivity index (χ1n) is 7.20. The predicted molar refractivity (Wildman–Crippen MR) is 88.7 cm³/mol. The molecule has 0 bridgehead atoms. The van der Waals surface area contributed by atoms with Crippen molar-refractivity contribution >= 4 is 34.0 Å². The Kier molecular flexibility index (Phi) is 2.92. The number of nitrogens with one attached hydrogen (secondary N) is 1. The summed E-state index contributed by atoms with van der Waals surface area (Å²) in [4.78, 5) is 17.0. The van der Waals surface area contributed by atoms with Gasteiger partial charge in [0.1, 0.15) is 5.69 Å². The lowest BCUT2D eigenvalue weighted by Crippen LogP contribution is -2.51. The van der Waals surface area contributed by atoms with Crippen molar-refractivity contribution in [3.8, 4) is 0 Å². The number of benzene rings is 2. The van der Waals surface area contributed by atoms with Crippen LogP contribution in [-0.2, 0) is 0 Å². The number of anilines is 3. The van der Waals surface area contributed by atoms with Crippen LogP contribution in [0.3, 0.4) is 0 Å². The smallest absolute Gasteiger partial charge is 0.304 e. The van der Waals surface area contributed by atoms with E-state index in [-0.39, 0.29) is 0 Å². The summed E-state index contributed by atoms with van der Waals surface area (Å²) in [5, 5.41) is 16.2. The maximum Gasteiger partial charge on any atom is 0.347 e. The zero-order chi connectivity index (χ0) is 16.0. The maximum atomic E-state index is 12.5. The molecule has 0 fully saturated rings. The zero-order valence-electron chi connectivity index (χ0n) is 12.4. The molecule has 0 saturated carbocycles. The number of fused-ring (bicyclic) bond motifs is 2. The van der Waals surface area contributed by atoms with Crippen molar-refractivity contribution in [3.05, 3.63) is 60.3 Å². The number of hydrazine groups is 1. The average molecular weight is 306 g/mol. The summed E-state index contributed by atoms with van der Waals surface area (Å²) in [5.74, 6) is 0. The van der Waals surface area contributed by atoms with Gasteiger partial charge in [-0.2, -0.15) is 10.2 Å². The van der Waals surface area contributed by atoms with Gasteiger partial charge in [0.05, 0.1) is 16.9 Å². The molecule has 0 unspecified atom stereocenters. The van der Waals surface area contributed by atoms with Crippen molar-refractivity contribution in [2.24, 2.45) is 0 Å². The second kappa shape index (κ2) is 4.96. The van der Waals surface area contributed by atoms with Crippen molar-refractivity contribution < 1.29 is 10.0 Å². The third-order valence-corrected chi connectivity index (χ3v) is 3.81. The van der Waals surface area contributed by atoms with E-state index >= 15 is 0 Å². The molecular formula is C17H14N4O2. The predicted octanol–water partition coefficient (Wildman–Crippen LogP) is 3.71. The molecule has 0 saturated heterocycles. The molecule has 0 atom stereocenters. The molecule has 1 aliphatic rings. The maximum absolute atomic E-state index is 12.5. The first-order chi connectivity index (χ1) is 11.1. The van der Waals surface area contributed by atoms with Crippen LogP contribution in [0.5, 0.6) is 0 Å². The monoisotopic (exact) mass is 306 g/mol. The number of carbonyl (C=O) groups is 1. The summed E-state index contributed by atoms with van der Waals surface area (Å²) in [5.41, 5.74) is 3.06. The fourth-order valence-corrected chi connectivity index (χ4v) is 2.73. The average Bonchev–Trinajstić information content (AvgIpc) is 2.55. The molecule has 0 spiro atoms. The van der Waals surface area contributed by atoms with Gasteiger partial charge in [0.25, 0.3) is 0 Å². The van der Waals surface area contributed by atoms with Crippen molar-refractivity contribution in [2.45, 2.75) is 6.92 Å². The summed E-state index contributed by atoms with van der Waals surface area (Å²) in [6.07, 6.45) is 0. The van der Waals surface area contributed by atoms with E-state index in [9.17, 15) is 10.0 Å². The van der Waals surface area contributed by atoms with Crippen molar-refractivity contribution in [3.63, 3.8) is 0 Å². The van der Waals surface area contributed by atoms with Crippen LogP contribution >= 0.6 is 0 Å². The molecule has 0 radical (unpaired) electrons. The number of amides is 2. The van der Waals surface area contributed by atoms with E-state index in [0.29, 0.717) is 22.6 Å². The van der Waals surface area contributed by atoms with Gasteiger partial charge < -0.3 is 5.32 Å². The number of aryl methyl sites for hydroxylation is 1. The van der Waals surface area contributed by atoms with Gasteiger partial charge >= 0.3 is 6.03 Å². The van der Waals surface area contributed by atoms with Crippen LogP contribution in [0.4, 0.5) is 21.9 Å². The highest BCUT2D eigenvalue weighted by molar-refractivity contribution is 6.11. The topological polar surface area (TPSA) is 68.7 Å². The fourth-order valence-electron chi connectivity index (χ4n) is 2.73. The van der Waals surface area contributed by atoms with Crippen molar-refractivity contribution in [1.82, 2.24) is 4.98 Å². The first-order valence-corrected chi connectivity index (χ1v) is 7.20. The number of nitrogens with zero attached hydrogens (tertiary/aromatic N) is 3. The van der Waals surface area contributed by atoms with Gasteiger partial charge in [-0.15, -0.1) is 0 Å². The van der Waals surface area contributed by atoms with Gasteiger partial charge in [-0.25, -0.2) is 4.79 Å². The molecule has 2 amide bonds. The summed E-state index contributed by atoms with van der Waals surface area (Å²) in [6.45, 7) is 1.89. The number of aromatic nitrogens is 1. The molecule has 0 aliphatic carbocycles. The first kappa shape index (κ1) is 13.5. The SMILES string of the molecule is Cc1ccc2cccc(N3C(=O)Nc4ccccc4N3O)c2n1. The molecule has 6 nitrogen and oxygen atoms in total. The molecule has 2 N–H and O–H groups in total. The van der Waals surface area contributed by atoms with E-state index < -0.39 is 6.03 Å². The highest BCUT2D eigenvalue weighted by Gasteiger charge is 2.31. The molecule has 1 aromatic heterocycles. The van der Waals surface area contributed by atoms with E-state index in [1.807, 2.05) is 31.2 Å². The molecule has 23 heavy (non-hydrogen) atoms. The number of para-hydroxylation sites is 3. The van der Waals surface area contributed by atoms with E-state index in [1.165, 1.54) is 5.01 Å². The van der Waals surface area contributed by atoms with Crippen LogP contribution in [0.2, 0.25) is 0 Å². The van der Waals surface area contributed by atoms with Gasteiger partial charge in [0, 0.05) is 11.1 Å². The van der Waals surface area contributed by atoms with Crippen LogP contribution in [-0.4, -0.2) is 16.2 Å². The van der Waals surface area contributed by atoms with Gasteiger partial charge in [-0.1, -0.05) is 30.3 Å². The third kappa shape index (κ3) is 2.08. The highest BCUT2D eigenvalue weighted by Crippen LogP contribution is 2.35. The Morgan fingerprint density at radius 3 is 2.65 bits per heavy atom. The number of hydrogen-bond acceptors (Lipinski definition) is 4. The quantitative estimate of drug-likeness (QED) is 0.719. The fraction of sp³-hybridized carbons (Fsp3) is 0.0588. The van der Waals surface area contributed by atoms with Crippen LogP contribution < -0.4 is 15.5 Å². The number of urea groups is 1. The van der Waals surface area contributed by atoms with E-state index in [0.717, 1.165) is 16.3 Å². The van der Waals surface area contributed by atoms with Crippen LogP contribution in [0.25, 0.3) is 10.9 Å². The van der Waals surface area contributed by atoms with Gasteiger partial charge in [0.2, 0.25) is 0 Å². The van der Waals surface area contributed by atoms with Crippen molar-refractivity contribution in [2.75, 3.05) is 15.5 Å². The Morgan fingerprint density at radius 1 is 1.00 bits per heavy atom. The Hall–Kier alpha value is -3.12. The molecule has 3 aromatic rings. The van der Waals surface area contributed by atoms with E-state index in [2.05, 4.69) is 10.3 Å². The van der Waals surface area contributed by atoms with Crippen LogP contribution in [0.1, 0.15) is 5.69 Å². The molecule has 2 aromatic carbocycles. The molecule has 6 heteroatoms. The Bertz CT molecular complexity index is 925. The summed E-state index contributed by atoms with van der Waals surface area (Å²) < 4.78 is 0. The zero-order valence-corrected chi connectivity index (χ0v) is 12.4. The number of hydrogen-bond donors (Lipinski definition) is 2. The second-order valence-corrected chi connectivity index (χ2v) is 5.35. The molecular weight excluding hydrogens is 292 g/mol. The second-order valence-electron chi connectivity index (χ2n) is 5.35. The summed E-state index contributed by atoms with van der Waals surface area (Å²) in [7, 11) is 0.